The predicted molar refractivity (Wildman–Crippen MR) is 125 cm³/mol. The number of hydrogen-bond acceptors (Lipinski definition) is 7. The molecule has 2 heterocycles. The van der Waals surface area contributed by atoms with E-state index in [4.69, 9.17) is 5.73 Å². The number of hydrogen-bond donors (Lipinski definition) is 1. The number of nitrogens with two attached hydrogens (primary N) is 1. The van der Waals surface area contributed by atoms with E-state index < -0.39 is 17.0 Å². The standard InChI is InChI=1S/C22H20N4O3S2/c1-2-25-20(28)18(19(23)26(22(25)29)12-14-8-4-3-5-9-14)16(27)13-30-21-24-15-10-6-7-11-17(15)31-21/h3-11H,2,12-13,23H2,1H3. The lowest BCUT2D eigenvalue weighted by molar-refractivity contribution is 0.102. The molecule has 0 saturated heterocycles. The predicted octanol–water partition coefficient (Wildman–Crippen LogP) is 3.25. The summed E-state index contributed by atoms with van der Waals surface area (Å²) in [5, 5.41) is 0. The maximum Gasteiger partial charge on any atom is 0.332 e. The molecule has 31 heavy (non-hydrogen) atoms. The summed E-state index contributed by atoms with van der Waals surface area (Å²) in [7, 11) is 0. The van der Waals surface area contributed by atoms with Gasteiger partial charge in [0.15, 0.2) is 10.1 Å². The summed E-state index contributed by atoms with van der Waals surface area (Å²) in [5.41, 5.74) is 6.59. The molecular formula is C22H20N4O3S2. The second kappa shape index (κ2) is 8.91. The molecule has 0 unspecified atom stereocenters. The maximum absolute atomic E-state index is 13.0. The van der Waals surface area contributed by atoms with Crippen molar-refractivity contribution in [2.24, 2.45) is 0 Å². The number of ketones is 1. The zero-order chi connectivity index (χ0) is 22.0. The van der Waals surface area contributed by atoms with Gasteiger partial charge in [-0.05, 0) is 24.6 Å². The van der Waals surface area contributed by atoms with Crippen molar-refractivity contribution in [3.63, 3.8) is 0 Å². The molecule has 0 aliphatic rings. The van der Waals surface area contributed by atoms with Crippen LogP contribution in [0.15, 0.2) is 68.5 Å². The molecule has 2 aromatic heterocycles. The zero-order valence-corrected chi connectivity index (χ0v) is 18.4. The highest BCUT2D eigenvalue weighted by Crippen LogP contribution is 2.29. The number of nitrogen functional groups attached to an aromatic ring is 1. The second-order valence-electron chi connectivity index (χ2n) is 6.82. The molecule has 0 aliphatic heterocycles. The molecule has 4 rings (SSSR count). The van der Waals surface area contributed by atoms with Gasteiger partial charge in [0, 0.05) is 6.54 Å². The normalized spacial score (nSPS) is 11.1. The first-order valence-corrected chi connectivity index (χ1v) is 11.5. The third-order valence-electron chi connectivity index (χ3n) is 4.85. The van der Waals surface area contributed by atoms with Crippen molar-refractivity contribution in [3.8, 4) is 0 Å². The molecule has 4 aromatic rings. The summed E-state index contributed by atoms with van der Waals surface area (Å²) in [6.07, 6.45) is 0. The number of para-hydroxylation sites is 1. The lowest BCUT2D eigenvalue weighted by atomic mass is 10.2. The van der Waals surface area contributed by atoms with Gasteiger partial charge in [0.2, 0.25) is 0 Å². The Kier molecular flexibility index (Phi) is 6.06. The van der Waals surface area contributed by atoms with E-state index in [1.807, 2.05) is 54.6 Å². The van der Waals surface area contributed by atoms with Gasteiger partial charge in [-0.15, -0.1) is 11.3 Å². The van der Waals surface area contributed by atoms with Crippen LogP contribution in [0, 0.1) is 0 Å². The van der Waals surface area contributed by atoms with E-state index in [1.54, 1.807) is 6.92 Å². The summed E-state index contributed by atoms with van der Waals surface area (Å²) >= 11 is 2.75. The molecule has 0 spiro atoms. The van der Waals surface area contributed by atoms with Crippen LogP contribution in [0.4, 0.5) is 5.82 Å². The van der Waals surface area contributed by atoms with Crippen molar-refractivity contribution in [2.45, 2.75) is 24.4 Å². The minimum absolute atomic E-state index is 0.00647. The maximum atomic E-state index is 13.0. The lowest BCUT2D eigenvalue weighted by Gasteiger charge is -2.15. The Morgan fingerprint density at radius 3 is 2.48 bits per heavy atom. The average Bonchev–Trinajstić information content (AvgIpc) is 3.19. The smallest absolute Gasteiger partial charge is 0.332 e. The number of benzene rings is 2. The molecule has 0 atom stereocenters. The third-order valence-corrected chi connectivity index (χ3v) is 7.03. The Balaban J connectivity index is 1.67. The van der Waals surface area contributed by atoms with Crippen LogP contribution >= 0.6 is 23.1 Å². The Morgan fingerprint density at radius 2 is 1.77 bits per heavy atom. The SMILES string of the molecule is CCn1c(=O)c(C(=O)CSc2nc3ccccc3s2)c(N)n(Cc2ccccc2)c1=O. The van der Waals surface area contributed by atoms with Gasteiger partial charge in [0.1, 0.15) is 11.4 Å². The molecule has 2 aromatic carbocycles. The topological polar surface area (TPSA) is 100.0 Å². The molecular weight excluding hydrogens is 432 g/mol. The Bertz CT molecular complexity index is 1340. The molecule has 158 valence electrons. The van der Waals surface area contributed by atoms with Gasteiger partial charge in [-0.25, -0.2) is 9.78 Å². The highest BCUT2D eigenvalue weighted by molar-refractivity contribution is 8.01. The number of fused-ring (bicyclic) bond motifs is 1. The molecule has 0 fully saturated rings. The number of carbonyl (C=O) groups is 1. The number of anilines is 1. The summed E-state index contributed by atoms with van der Waals surface area (Å²) in [6, 6.07) is 17.0. The number of nitrogens with zero attached hydrogens (tertiary/aromatic N) is 3. The molecule has 0 bridgehead atoms. The fourth-order valence-corrected chi connectivity index (χ4v) is 5.23. The monoisotopic (exact) mass is 452 g/mol. The molecule has 0 amide bonds. The average molecular weight is 453 g/mol. The van der Waals surface area contributed by atoms with E-state index in [0.717, 1.165) is 24.7 Å². The van der Waals surface area contributed by atoms with Crippen molar-refractivity contribution in [1.29, 1.82) is 0 Å². The van der Waals surface area contributed by atoms with Crippen molar-refractivity contribution >= 4 is 44.9 Å². The van der Waals surface area contributed by atoms with Gasteiger partial charge >= 0.3 is 5.69 Å². The number of Topliss-reactive ketones (excluding diaryl/α,β-unsaturated/α-hetero) is 1. The van der Waals surface area contributed by atoms with Crippen LogP contribution in [-0.4, -0.2) is 25.7 Å². The van der Waals surface area contributed by atoms with Crippen LogP contribution in [0.5, 0.6) is 0 Å². The van der Waals surface area contributed by atoms with E-state index in [1.165, 1.54) is 27.7 Å². The molecule has 0 aliphatic carbocycles. The molecule has 7 nitrogen and oxygen atoms in total. The summed E-state index contributed by atoms with van der Waals surface area (Å²) < 4.78 is 4.10. The highest BCUT2D eigenvalue weighted by atomic mass is 32.2. The summed E-state index contributed by atoms with van der Waals surface area (Å²) in [4.78, 5) is 43.2. The van der Waals surface area contributed by atoms with E-state index in [-0.39, 0.29) is 30.2 Å². The van der Waals surface area contributed by atoms with Gasteiger partial charge in [-0.3, -0.25) is 18.7 Å². The quantitative estimate of drug-likeness (QED) is 0.341. The number of carbonyl (C=O) groups excluding carboxylic acids is 1. The van der Waals surface area contributed by atoms with Crippen LogP contribution in [0.1, 0.15) is 22.8 Å². The minimum atomic E-state index is -0.649. The van der Waals surface area contributed by atoms with Crippen molar-refractivity contribution in [2.75, 3.05) is 11.5 Å². The zero-order valence-electron chi connectivity index (χ0n) is 16.8. The number of thioether (sulfide) groups is 1. The Labute approximate surface area is 186 Å². The van der Waals surface area contributed by atoms with Crippen molar-refractivity contribution in [3.05, 3.63) is 86.6 Å². The third kappa shape index (κ3) is 4.19. The Hall–Kier alpha value is -3.17. The van der Waals surface area contributed by atoms with Crippen LogP contribution in [0.3, 0.4) is 0 Å². The van der Waals surface area contributed by atoms with E-state index in [2.05, 4.69) is 4.98 Å². The van der Waals surface area contributed by atoms with Gasteiger partial charge < -0.3 is 5.73 Å². The first-order valence-electron chi connectivity index (χ1n) is 9.68. The highest BCUT2D eigenvalue weighted by Gasteiger charge is 2.23. The van der Waals surface area contributed by atoms with E-state index in [9.17, 15) is 14.4 Å². The number of thiazole rings is 1. The largest absolute Gasteiger partial charge is 0.384 e. The Morgan fingerprint density at radius 1 is 1.06 bits per heavy atom. The fourth-order valence-electron chi connectivity index (χ4n) is 3.29. The van der Waals surface area contributed by atoms with Gasteiger partial charge in [0.25, 0.3) is 5.56 Å². The second-order valence-corrected chi connectivity index (χ2v) is 9.08. The van der Waals surface area contributed by atoms with Crippen LogP contribution in [0.2, 0.25) is 0 Å². The minimum Gasteiger partial charge on any atom is -0.384 e. The molecule has 0 radical (unpaired) electrons. The number of rotatable bonds is 7. The van der Waals surface area contributed by atoms with E-state index >= 15 is 0 Å². The van der Waals surface area contributed by atoms with E-state index in [0.29, 0.717) is 0 Å². The van der Waals surface area contributed by atoms with Crippen molar-refractivity contribution in [1.82, 2.24) is 14.1 Å². The van der Waals surface area contributed by atoms with Crippen LogP contribution in [-0.2, 0) is 13.1 Å². The first-order chi connectivity index (χ1) is 15.0. The molecule has 9 heteroatoms. The van der Waals surface area contributed by atoms with Crippen LogP contribution < -0.4 is 17.0 Å². The van der Waals surface area contributed by atoms with Crippen molar-refractivity contribution < 1.29 is 4.79 Å². The lowest BCUT2D eigenvalue weighted by Crippen LogP contribution is -2.44. The summed E-state index contributed by atoms with van der Waals surface area (Å²) in [6.45, 7) is 2.02. The fraction of sp³-hybridized carbons (Fsp3) is 0.182. The number of aromatic nitrogens is 3. The first kappa shape index (κ1) is 21.1. The van der Waals surface area contributed by atoms with Gasteiger partial charge in [-0.1, -0.05) is 54.2 Å². The summed E-state index contributed by atoms with van der Waals surface area (Å²) in [5.74, 6) is -0.513. The van der Waals surface area contributed by atoms with Gasteiger partial charge in [-0.2, -0.15) is 0 Å². The van der Waals surface area contributed by atoms with Gasteiger partial charge in [0.05, 0.1) is 22.5 Å². The molecule has 0 saturated carbocycles. The molecule has 2 N–H and O–H groups in total. The van der Waals surface area contributed by atoms with Crippen LogP contribution in [0.25, 0.3) is 10.2 Å².